The number of benzene rings is 1. The Balaban J connectivity index is 1.35. The molecule has 27 heavy (non-hydrogen) atoms. The van der Waals surface area contributed by atoms with Crippen molar-refractivity contribution in [1.29, 1.82) is 0 Å². The Morgan fingerprint density at radius 1 is 0.852 bits per heavy atom. The SMILES string of the molecule is CN(CCSCc1ccccc1)CCN(CC1CCCCC1)C1CCCC1. The Hall–Kier alpha value is -0.510. The van der Waals surface area contributed by atoms with Crippen LogP contribution in [0, 0.1) is 5.92 Å². The van der Waals surface area contributed by atoms with Crippen LogP contribution in [-0.2, 0) is 5.75 Å². The van der Waals surface area contributed by atoms with Gasteiger partial charge in [0.15, 0.2) is 0 Å². The molecule has 2 saturated carbocycles. The van der Waals surface area contributed by atoms with E-state index in [1.807, 2.05) is 0 Å². The zero-order chi connectivity index (χ0) is 18.7. The van der Waals surface area contributed by atoms with E-state index in [-0.39, 0.29) is 0 Å². The molecule has 0 heterocycles. The molecule has 3 rings (SSSR count). The van der Waals surface area contributed by atoms with E-state index in [2.05, 4.69) is 58.9 Å². The minimum atomic E-state index is 0.882. The zero-order valence-corrected chi connectivity index (χ0v) is 18.3. The largest absolute Gasteiger partial charge is 0.304 e. The first-order chi connectivity index (χ1) is 13.3. The molecule has 0 bridgehead atoms. The molecule has 3 heteroatoms. The van der Waals surface area contributed by atoms with Crippen LogP contribution in [0.1, 0.15) is 63.4 Å². The van der Waals surface area contributed by atoms with Crippen LogP contribution < -0.4 is 0 Å². The van der Waals surface area contributed by atoms with Crippen LogP contribution in [0.4, 0.5) is 0 Å². The predicted octanol–water partition coefficient (Wildman–Crippen LogP) is 5.68. The number of hydrogen-bond acceptors (Lipinski definition) is 3. The van der Waals surface area contributed by atoms with Gasteiger partial charge in [0.1, 0.15) is 0 Å². The van der Waals surface area contributed by atoms with E-state index in [4.69, 9.17) is 0 Å². The third-order valence-electron chi connectivity index (χ3n) is 6.56. The monoisotopic (exact) mass is 388 g/mol. The summed E-state index contributed by atoms with van der Waals surface area (Å²) in [5.41, 5.74) is 1.45. The van der Waals surface area contributed by atoms with E-state index < -0.39 is 0 Å². The van der Waals surface area contributed by atoms with Gasteiger partial charge in [-0.1, -0.05) is 62.4 Å². The molecule has 0 saturated heterocycles. The highest BCUT2D eigenvalue weighted by Crippen LogP contribution is 2.29. The van der Waals surface area contributed by atoms with Gasteiger partial charge >= 0.3 is 0 Å². The van der Waals surface area contributed by atoms with E-state index in [0.29, 0.717) is 0 Å². The van der Waals surface area contributed by atoms with Crippen molar-refractivity contribution in [1.82, 2.24) is 9.80 Å². The summed E-state index contributed by atoms with van der Waals surface area (Å²) in [4.78, 5) is 5.44. The maximum absolute atomic E-state index is 2.89. The first kappa shape index (κ1) is 21.2. The van der Waals surface area contributed by atoms with Gasteiger partial charge in [-0.3, -0.25) is 4.90 Å². The predicted molar refractivity (Wildman–Crippen MR) is 121 cm³/mol. The van der Waals surface area contributed by atoms with Crippen molar-refractivity contribution in [3.8, 4) is 0 Å². The van der Waals surface area contributed by atoms with Gasteiger partial charge in [-0.25, -0.2) is 0 Å². The third kappa shape index (κ3) is 7.79. The van der Waals surface area contributed by atoms with Crippen LogP contribution in [-0.4, -0.2) is 54.8 Å². The van der Waals surface area contributed by atoms with Crippen LogP contribution >= 0.6 is 11.8 Å². The Bertz CT molecular complexity index is 494. The number of likely N-dealkylation sites (N-methyl/N-ethyl adjacent to an activating group) is 1. The van der Waals surface area contributed by atoms with Crippen molar-refractivity contribution < 1.29 is 0 Å². The lowest BCUT2D eigenvalue weighted by atomic mass is 9.88. The molecule has 0 unspecified atom stereocenters. The fourth-order valence-electron chi connectivity index (χ4n) is 4.79. The molecule has 0 radical (unpaired) electrons. The summed E-state index contributed by atoms with van der Waals surface area (Å²) in [7, 11) is 2.32. The highest BCUT2D eigenvalue weighted by atomic mass is 32.2. The summed E-state index contributed by atoms with van der Waals surface area (Å²) in [6.07, 6.45) is 13.2. The quantitative estimate of drug-likeness (QED) is 0.451. The van der Waals surface area contributed by atoms with Gasteiger partial charge in [0.25, 0.3) is 0 Å². The average Bonchev–Trinajstić information content (AvgIpc) is 3.25. The first-order valence-electron chi connectivity index (χ1n) is 11.4. The molecular weight excluding hydrogens is 348 g/mol. The van der Waals surface area contributed by atoms with Gasteiger partial charge in [-0.2, -0.15) is 11.8 Å². The minimum absolute atomic E-state index is 0.882. The first-order valence-corrected chi connectivity index (χ1v) is 12.5. The molecular formula is C24H40N2S. The summed E-state index contributed by atoms with van der Waals surface area (Å²) in [5.74, 6) is 3.35. The maximum atomic E-state index is 2.89. The van der Waals surface area contributed by atoms with E-state index in [1.165, 1.54) is 95.3 Å². The van der Waals surface area contributed by atoms with Crippen LogP contribution in [0.2, 0.25) is 0 Å². The smallest absolute Gasteiger partial charge is 0.0185 e. The molecule has 2 fully saturated rings. The van der Waals surface area contributed by atoms with Crippen molar-refractivity contribution in [2.75, 3.05) is 39.0 Å². The standard InChI is InChI=1S/C24H40N2S/c1-25(18-19-27-21-23-12-6-3-7-13-23)16-17-26(24-14-8-9-15-24)20-22-10-4-2-5-11-22/h3,6-7,12-13,22,24H,2,4-5,8-11,14-21H2,1H3. The second kappa shape index (κ2) is 12.1. The van der Waals surface area contributed by atoms with Crippen molar-refractivity contribution >= 4 is 11.8 Å². The second-order valence-electron chi connectivity index (χ2n) is 8.78. The Morgan fingerprint density at radius 3 is 2.30 bits per heavy atom. The van der Waals surface area contributed by atoms with E-state index in [1.54, 1.807) is 0 Å². The molecule has 1 aromatic carbocycles. The van der Waals surface area contributed by atoms with Crippen LogP contribution in [0.3, 0.4) is 0 Å². The molecule has 2 aliphatic rings. The minimum Gasteiger partial charge on any atom is -0.304 e. The molecule has 152 valence electrons. The summed E-state index contributed by atoms with van der Waals surface area (Å²) >= 11 is 2.07. The van der Waals surface area contributed by atoms with Crippen molar-refractivity contribution in [3.05, 3.63) is 35.9 Å². The van der Waals surface area contributed by atoms with Crippen LogP contribution in [0.5, 0.6) is 0 Å². The Labute approximate surface area is 172 Å². The van der Waals surface area contributed by atoms with Crippen molar-refractivity contribution in [2.24, 2.45) is 5.92 Å². The molecule has 0 N–H and O–H groups in total. The van der Waals surface area contributed by atoms with E-state index in [0.717, 1.165) is 17.7 Å². The second-order valence-corrected chi connectivity index (χ2v) is 9.88. The molecule has 0 atom stereocenters. The summed E-state index contributed by atoms with van der Waals surface area (Å²) in [5, 5.41) is 0. The molecule has 2 aliphatic carbocycles. The maximum Gasteiger partial charge on any atom is 0.0185 e. The molecule has 1 aromatic rings. The topological polar surface area (TPSA) is 6.48 Å². The number of thioether (sulfide) groups is 1. The molecule has 0 amide bonds. The van der Waals surface area contributed by atoms with E-state index in [9.17, 15) is 0 Å². The van der Waals surface area contributed by atoms with Crippen molar-refractivity contribution in [2.45, 2.75) is 69.6 Å². The molecule has 0 aromatic heterocycles. The van der Waals surface area contributed by atoms with Crippen LogP contribution in [0.25, 0.3) is 0 Å². The van der Waals surface area contributed by atoms with Gasteiger partial charge in [0, 0.05) is 43.7 Å². The normalized spacial score (nSPS) is 19.4. The lowest BCUT2D eigenvalue weighted by molar-refractivity contribution is 0.135. The molecule has 0 aliphatic heterocycles. The Kier molecular flexibility index (Phi) is 9.53. The van der Waals surface area contributed by atoms with Gasteiger partial charge < -0.3 is 4.90 Å². The summed E-state index contributed by atoms with van der Waals surface area (Å²) < 4.78 is 0. The van der Waals surface area contributed by atoms with Gasteiger partial charge in [0.2, 0.25) is 0 Å². The van der Waals surface area contributed by atoms with Crippen molar-refractivity contribution in [3.63, 3.8) is 0 Å². The lowest BCUT2D eigenvalue weighted by Gasteiger charge is -2.35. The van der Waals surface area contributed by atoms with Crippen LogP contribution in [0.15, 0.2) is 30.3 Å². The number of hydrogen-bond donors (Lipinski definition) is 0. The lowest BCUT2D eigenvalue weighted by Crippen LogP contribution is -2.42. The average molecular weight is 389 g/mol. The van der Waals surface area contributed by atoms with Gasteiger partial charge in [-0.15, -0.1) is 0 Å². The zero-order valence-electron chi connectivity index (χ0n) is 17.5. The highest BCUT2D eigenvalue weighted by Gasteiger charge is 2.25. The summed E-state index contributed by atoms with van der Waals surface area (Å²) in [6.45, 7) is 5.09. The van der Waals surface area contributed by atoms with E-state index >= 15 is 0 Å². The number of nitrogens with zero attached hydrogens (tertiary/aromatic N) is 2. The van der Waals surface area contributed by atoms with Gasteiger partial charge in [-0.05, 0) is 44.2 Å². The fraction of sp³-hybridized carbons (Fsp3) is 0.750. The Morgan fingerprint density at radius 2 is 1.56 bits per heavy atom. The molecule has 0 spiro atoms. The summed E-state index contributed by atoms with van der Waals surface area (Å²) in [6, 6.07) is 11.7. The highest BCUT2D eigenvalue weighted by molar-refractivity contribution is 7.98. The third-order valence-corrected chi connectivity index (χ3v) is 7.57. The number of rotatable bonds is 11. The molecule has 2 nitrogen and oxygen atoms in total. The van der Waals surface area contributed by atoms with Gasteiger partial charge in [0.05, 0.1) is 0 Å². The fourth-order valence-corrected chi connectivity index (χ4v) is 5.80.